The summed E-state index contributed by atoms with van der Waals surface area (Å²) in [6, 6.07) is 3.29. The Labute approximate surface area is 86.1 Å². The van der Waals surface area contributed by atoms with Crippen LogP contribution in [0.25, 0.3) is 0 Å². The van der Waals surface area contributed by atoms with Crippen molar-refractivity contribution in [1.82, 2.24) is 5.32 Å². The lowest BCUT2D eigenvalue weighted by Crippen LogP contribution is -2.43. The monoisotopic (exact) mass is 209 g/mol. The molecule has 0 spiro atoms. The molecular formula is C10H11NO2S. The van der Waals surface area contributed by atoms with Crippen LogP contribution in [0.2, 0.25) is 0 Å². The average Bonchev–Trinajstić information content (AvgIpc) is 2.65. The van der Waals surface area contributed by atoms with Gasteiger partial charge in [0.05, 0.1) is 0 Å². The minimum atomic E-state index is -0.847. The van der Waals surface area contributed by atoms with Crippen LogP contribution in [0.4, 0.5) is 0 Å². The highest BCUT2D eigenvalue weighted by molar-refractivity contribution is 7.11. The molecule has 1 unspecified atom stereocenters. The zero-order chi connectivity index (χ0) is 9.97. The molecule has 74 valence electrons. The minimum absolute atomic E-state index is 0.394. The molecule has 2 N–H and O–H groups in total. The molecule has 14 heavy (non-hydrogen) atoms. The largest absolute Gasteiger partial charge is 0.477 e. The van der Waals surface area contributed by atoms with Crippen LogP contribution in [0.3, 0.4) is 0 Å². The van der Waals surface area contributed by atoms with Gasteiger partial charge in [0.2, 0.25) is 0 Å². The maximum absolute atomic E-state index is 10.1. The number of thiophene rings is 1. The predicted molar refractivity (Wildman–Crippen MR) is 55.5 cm³/mol. The third-order valence-corrected chi connectivity index (χ3v) is 3.20. The Balaban J connectivity index is 0.000000110. The van der Waals surface area contributed by atoms with E-state index in [0.29, 0.717) is 4.88 Å². The lowest BCUT2D eigenvalue weighted by atomic mass is 9.84. The van der Waals surface area contributed by atoms with E-state index in [0.717, 1.165) is 5.92 Å². The molecule has 0 radical (unpaired) electrons. The summed E-state index contributed by atoms with van der Waals surface area (Å²) in [5.41, 5.74) is 1.50. The zero-order valence-electron chi connectivity index (χ0n) is 7.56. The molecule has 1 aliphatic heterocycles. The van der Waals surface area contributed by atoms with Gasteiger partial charge in [0.15, 0.2) is 0 Å². The summed E-state index contributed by atoms with van der Waals surface area (Å²) in [5, 5.41) is 13.2. The van der Waals surface area contributed by atoms with Gasteiger partial charge in [-0.2, -0.15) is 0 Å². The predicted octanol–water partition coefficient (Wildman–Crippen LogP) is 1.94. The summed E-state index contributed by atoms with van der Waals surface area (Å²) in [5.74, 6) is 0.116. The van der Waals surface area contributed by atoms with E-state index in [-0.39, 0.29) is 0 Å². The zero-order valence-corrected chi connectivity index (χ0v) is 8.38. The number of carboxylic acid groups (broad SMARTS) is 1. The number of allylic oxidation sites excluding steroid dienone is 1. The molecule has 0 bridgehead atoms. The van der Waals surface area contributed by atoms with Gasteiger partial charge < -0.3 is 10.4 Å². The molecule has 0 saturated carbocycles. The Morgan fingerprint density at radius 2 is 2.43 bits per heavy atom. The Morgan fingerprint density at radius 3 is 2.57 bits per heavy atom. The van der Waals surface area contributed by atoms with Crippen LogP contribution >= 0.6 is 11.3 Å². The van der Waals surface area contributed by atoms with E-state index in [1.54, 1.807) is 17.5 Å². The molecule has 1 aromatic heterocycles. The van der Waals surface area contributed by atoms with E-state index < -0.39 is 5.97 Å². The van der Waals surface area contributed by atoms with Gasteiger partial charge in [0, 0.05) is 18.2 Å². The summed E-state index contributed by atoms with van der Waals surface area (Å²) < 4.78 is 0. The summed E-state index contributed by atoms with van der Waals surface area (Å²) in [6.45, 7) is 1.24. The SMILES string of the molecule is C1=C2NCC2C1.O=C(O)c1cccs1. The normalized spacial score (nSPS) is 21.1. The molecule has 1 atom stereocenters. The van der Waals surface area contributed by atoms with Crippen molar-refractivity contribution in [3.8, 4) is 0 Å². The Kier molecular flexibility index (Phi) is 2.54. The van der Waals surface area contributed by atoms with Crippen molar-refractivity contribution in [2.45, 2.75) is 6.42 Å². The van der Waals surface area contributed by atoms with Crippen molar-refractivity contribution in [2.75, 3.05) is 6.54 Å². The van der Waals surface area contributed by atoms with Gasteiger partial charge in [-0.05, 0) is 17.9 Å². The second-order valence-corrected chi connectivity index (χ2v) is 4.20. The molecule has 2 heterocycles. The lowest BCUT2D eigenvalue weighted by molar-refractivity contribution is 0.0702. The molecule has 0 amide bonds. The fraction of sp³-hybridized carbons (Fsp3) is 0.300. The number of hydrogen-bond acceptors (Lipinski definition) is 3. The van der Waals surface area contributed by atoms with Crippen LogP contribution in [0.1, 0.15) is 16.1 Å². The number of aromatic carboxylic acids is 1. The van der Waals surface area contributed by atoms with Crippen LogP contribution in [0.5, 0.6) is 0 Å². The van der Waals surface area contributed by atoms with E-state index >= 15 is 0 Å². The highest BCUT2D eigenvalue weighted by Gasteiger charge is 2.28. The van der Waals surface area contributed by atoms with Crippen molar-refractivity contribution in [1.29, 1.82) is 0 Å². The third kappa shape index (κ3) is 1.80. The van der Waals surface area contributed by atoms with Gasteiger partial charge in [-0.25, -0.2) is 4.79 Å². The van der Waals surface area contributed by atoms with Crippen molar-refractivity contribution in [2.24, 2.45) is 5.92 Å². The Morgan fingerprint density at radius 1 is 1.64 bits per heavy atom. The van der Waals surface area contributed by atoms with Gasteiger partial charge >= 0.3 is 5.97 Å². The van der Waals surface area contributed by atoms with E-state index in [4.69, 9.17) is 5.11 Å². The summed E-state index contributed by atoms with van der Waals surface area (Å²) in [4.78, 5) is 10.5. The molecule has 1 saturated heterocycles. The first-order valence-corrected chi connectivity index (χ1v) is 5.36. The molecule has 1 aromatic rings. The van der Waals surface area contributed by atoms with Gasteiger partial charge in [0.1, 0.15) is 4.88 Å². The van der Waals surface area contributed by atoms with Crippen molar-refractivity contribution in [3.05, 3.63) is 34.2 Å². The number of hydrogen-bond donors (Lipinski definition) is 2. The fourth-order valence-electron chi connectivity index (χ4n) is 1.32. The summed E-state index contributed by atoms with van der Waals surface area (Å²) in [6.07, 6.45) is 3.59. The van der Waals surface area contributed by atoms with Crippen LogP contribution in [-0.2, 0) is 0 Å². The number of carbonyl (C=O) groups is 1. The number of carboxylic acids is 1. The first-order chi connectivity index (χ1) is 6.77. The molecular weight excluding hydrogens is 198 g/mol. The lowest BCUT2D eigenvalue weighted by Gasteiger charge is -2.38. The van der Waals surface area contributed by atoms with Crippen molar-refractivity contribution >= 4 is 17.3 Å². The highest BCUT2D eigenvalue weighted by atomic mass is 32.1. The quantitative estimate of drug-likeness (QED) is 0.743. The van der Waals surface area contributed by atoms with Crippen LogP contribution in [0, 0.1) is 5.92 Å². The van der Waals surface area contributed by atoms with E-state index in [9.17, 15) is 4.79 Å². The van der Waals surface area contributed by atoms with Crippen LogP contribution in [-0.4, -0.2) is 17.6 Å². The molecule has 1 aliphatic carbocycles. The summed E-state index contributed by atoms with van der Waals surface area (Å²) >= 11 is 1.23. The first kappa shape index (κ1) is 9.27. The van der Waals surface area contributed by atoms with Gasteiger partial charge in [-0.3, -0.25) is 0 Å². The maximum atomic E-state index is 10.1. The minimum Gasteiger partial charge on any atom is -0.477 e. The fourth-order valence-corrected chi connectivity index (χ4v) is 1.88. The average molecular weight is 209 g/mol. The molecule has 2 aliphatic rings. The topological polar surface area (TPSA) is 49.3 Å². The highest BCUT2D eigenvalue weighted by Crippen LogP contribution is 2.30. The third-order valence-electron chi connectivity index (χ3n) is 2.35. The van der Waals surface area contributed by atoms with E-state index in [2.05, 4.69) is 11.4 Å². The van der Waals surface area contributed by atoms with Crippen LogP contribution in [0.15, 0.2) is 29.3 Å². The molecule has 3 rings (SSSR count). The van der Waals surface area contributed by atoms with Gasteiger partial charge in [-0.15, -0.1) is 11.3 Å². The molecule has 3 nitrogen and oxygen atoms in total. The van der Waals surface area contributed by atoms with E-state index in [1.807, 2.05) is 0 Å². The Hall–Kier alpha value is -1.29. The Bertz CT molecular complexity index is 356. The smallest absolute Gasteiger partial charge is 0.345 e. The van der Waals surface area contributed by atoms with E-state index in [1.165, 1.54) is 30.0 Å². The maximum Gasteiger partial charge on any atom is 0.345 e. The second kappa shape index (κ2) is 3.84. The number of fused-ring (bicyclic) bond motifs is 1. The van der Waals surface area contributed by atoms with Crippen molar-refractivity contribution in [3.63, 3.8) is 0 Å². The van der Waals surface area contributed by atoms with Crippen molar-refractivity contribution < 1.29 is 9.90 Å². The van der Waals surface area contributed by atoms with Gasteiger partial charge in [0.25, 0.3) is 0 Å². The first-order valence-electron chi connectivity index (χ1n) is 4.48. The second-order valence-electron chi connectivity index (χ2n) is 3.26. The molecule has 1 fully saturated rings. The molecule has 4 heteroatoms. The van der Waals surface area contributed by atoms with Crippen LogP contribution < -0.4 is 5.32 Å². The van der Waals surface area contributed by atoms with Gasteiger partial charge in [-0.1, -0.05) is 12.1 Å². The summed E-state index contributed by atoms with van der Waals surface area (Å²) in [7, 11) is 0. The molecule has 0 aromatic carbocycles. The standard InChI is InChI=1S/C5H7N.C5H4O2S/c1-2-5-4(1)3-6-5;6-5(7)4-2-1-3-8-4/h2,4,6H,1,3H2;1-3H,(H,6,7). The number of rotatable bonds is 1. The number of nitrogens with one attached hydrogen (secondary N) is 1.